The third-order valence-electron chi connectivity index (χ3n) is 4.45. The van der Waals surface area contributed by atoms with E-state index in [0.29, 0.717) is 30.6 Å². The number of carbonyl (C=O) groups excluding carboxylic acids is 2. The zero-order valence-corrected chi connectivity index (χ0v) is 14.0. The highest BCUT2D eigenvalue weighted by Crippen LogP contribution is 2.47. The number of para-hydroxylation sites is 1. The van der Waals surface area contributed by atoms with E-state index in [1.165, 1.54) is 0 Å². The summed E-state index contributed by atoms with van der Waals surface area (Å²) in [6.45, 7) is 2.39. The lowest BCUT2D eigenvalue weighted by Crippen LogP contribution is -2.39. The highest BCUT2D eigenvalue weighted by Gasteiger charge is 2.56. The Balaban J connectivity index is 1.66. The van der Waals surface area contributed by atoms with Crippen molar-refractivity contribution in [1.29, 1.82) is 5.26 Å². The molecule has 2 N–H and O–H groups in total. The van der Waals surface area contributed by atoms with Gasteiger partial charge in [0.2, 0.25) is 11.8 Å². The number of nitrogens with zero attached hydrogens (tertiary/aromatic N) is 1. The van der Waals surface area contributed by atoms with Gasteiger partial charge >= 0.3 is 0 Å². The van der Waals surface area contributed by atoms with Gasteiger partial charge in [-0.3, -0.25) is 9.59 Å². The molecule has 1 aliphatic carbocycles. The lowest BCUT2D eigenvalue weighted by molar-refractivity contribution is -0.134. The molecule has 0 saturated heterocycles. The van der Waals surface area contributed by atoms with Gasteiger partial charge in [0.1, 0.15) is 11.5 Å². The molecule has 2 aromatic carbocycles. The molecule has 0 spiro atoms. The van der Waals surface area contributed by atoms with Crippen molar-refractivity contribution in [3.63, 3.8) is 0 Å². The Bertz CT molecular complexity index is 863. The number of anilines is 1. The zero-order valence-electron chi connectivity index (χ0n) is 14.0. The highest BCUT2D eigenvalue weighted by atomic mass is 16.2. The first-order valence-corrected chi connectivity index (χ1v) is 8.19. The van der Waals surface area contributed by atoms with Crippen molar-refractivity contribution in [2.24, 2.45) is 5.41 Å². The van der Waals surface area contributed by atoms with Crippen molar-refractivity contribution >= 4 is 17.5 Å². The van der Waals surface area contributed by atoms with Crippen molar-refractivity contribution in [1.82, 2.24) is 5.32 Å². The van der Waals surface area contributed by atoms with E-state index in [9.17, 15) is 9.59 Å². The van der Waals surface area contributed by atoms with Crippen molar-refractivity contribution in [2.45, 2.75) is 26.3 Å². The van der Waals surface area contributed by atoms with Gasteiger partial charge in [-0.2, -0.15) is 5.26 Å². The molecule has 1 fully saturated rings. The first-order chi connectivity index (χ1) is 12.0. The SMILES string of the molecule is Cc1cccc(CNC(=O)C2(C(=O)Nc3ccccc3C#N)CC2)c1. The van der Waals surface area contributed by atoms with Gasteiger partial charge in [0.15, 0.2) is 0 Å². The molecule has 0 heterocycles. The Labute approximate surface area is 146 Å². The zero-order chi connectivity index (χ0) is 17.9. The van der Waals surface area contributed by atoms with Crippen molar-refractivity contribution in [3.05, 3.63) is 65.2 Å². The fourth-order valence-electron chi connectivity index (χ4n) is 2.79. The number of rotatable bonds is 5. The molecule has 2 aromatic rings. The van der Waals surface area contributed by atoms with E-state index in [1.807, 2.05) is 37.3 Å². The predicted octanol–water partition coefficient (Wildman–Crippen LogP) is 2.90. The Morgan fingerprint density at radius 2 is 1.88 bits per heavy atom. The summed E-state index contributed by atoms with van der Waals surface area (Å²) in [7, 11) is 0. The quantitative estimate of drug-likeness (QED) is 0.826. The molecule has 1 saturated carbocycles. The summed E-state index contributed by atoms with van der Waals surface area (Å²) >= 11 is 0. The van der Waals surface area contributed by atoms with Gasteiger partial charge in [-0.05, 0) is 37.5 Å². The minimum Gasteiger partial charge on any atom is -0.351 e. The normalized spacial score (nSPS) is 14.2. The van der Waals surface area contributed by atoms with Crippen molar-refractivity contribution < 1.29 is 9.59 Å². The molecule has 0 unspecified atom stereocenters. The second-order valence-corrected chi connectivity index (χ2v) is 6.37. The molecule has 3 rings (SSSR count). The molecular formula is C20H19N3O2. The summed E-state index contributed by atoms with van der Waals surface area (Å²) < 4.78 is 0. The van der Waals surface area contributed by atoms with Gasteiger partial charge in [-0.1, -0.05) is 42.0 Å². The number of hydrogen-bond donors (Lipinski definition) is 2. The molecule has 5 heteroatoms. The number of carbonyl (C=O) groups is 2. The predicted molar refractivity (Wildman–Crippen MR) is 94.5 cm³/mol. The first-order valence-electron chi connectivity index (χ1n) is 8.19. The van der Waals surface area contributed by atoms with E-state index in [0.717, 1.165) is 11.1 Å². The van der Waals surface area contributed by atoms with E-state index in [4.69, 9.17) is 5.26 Å². The van der Waals surface area contributed by atoms with Crippen LogP contribution in [0, 0.1) is 23.7 Å². The number of benzene rings is 2. The summed E-state index contributed by atoms with van der Waals surface area (Å²) in [4.78, 5) is 25.1. The largest absolute Gasteiger partial charge is 0.351 e. The lowest BCUT2D eigenvalue weighted by atomic mass is 10.0. The Morgan fingerprint density at radius 1 is 1.12 bits per heavy atom. The van der Waals surface area contributed by atoms with E-state index >= 15 is 0 Å². The maximum Gasteiger partial charge on any atom is 0.240 e. The van der Waals surface area contributed by atoms with Crippen LogP contribution in [0.5, 0.6) is 0 Å². The van der Waals surface area contributed by atoms with Crippen molar-refractivity contribution in [3.8, 4) is 6.07 Å². The molecular weight excluding hydrogens is 314 g/mol. The molecule has 25 heavy (non-hydrogen) atoms. The van der Waals surface area contributed by atoms with Crippen LogP contribution in [-0.4, -0.2) is 11.8 Å². The molecule has 1 aliphatic rings. The van der Waals surface area contributed by atoms with E-state index in [-0.39, 0.29) is 11.8 Å². The van der Waals surface area contributed by atoms with Crippen LogP contribution in [0.4, 0.5) is 5.69 Å². The maximum atomic E-state index is 12.6. The van der Waals surface area contributed by atoms with Gasteiger partial charge < -0.3 is 10.6 Å². The summed E-state index contributed by atoms with van der Waals surface area (Å²) in [6, 6.07) is 16.7. The number of amides is 2. The lowest BCUT2D eigenvalue weighted by Gasteiger charge is -2.16. The summed E-state index contributed by atoms with van der Waals surface area (Å²) in [5.41, 5.74) is 1.92. The van der Waals surface area contributed by atoms with Crippen LogP contribution in [0.1, 0.15) is 29.5 Å². The Hall–Kier alpha value is -3.13. The van der Waals surface area contributed by atoms with Gasteiger partial charge in [0.25, 0.3) is 0 Å². The van der Waals surface area contributed by atoms with Crippen LogP contribution < -0.4 is 10.6 Å². The fraction of sp³-hybridized carbons (Fsp3) is 0.250. The van der Waals surface area contributed by atoms with E-state index in [2.05, 4.69) is 10.6 Å². The number of nitriles is 1. The molecule has 5 nitrogen and oxygen atoms in total. The minimum atomic E-state index is -1.02. The van der Waals surface area contributed by atoms with Gasteiger partial charge in [-0.15, -0.1) is 0 Å². The number of nitrogens with one attached hydrogen (secondary N) is 2. The number of hydrogen-bond acceptors (Lipinski definition) is 3. The van der Waals surface area contributed by atoms with Crippen LogP contribution in [0.25, 0.3) is 0 Å². The summed E-state index contributed by atoms with van der Waals surface area (Å²) in [5.74, 6) is -0.613. The van der Waals surface area contributed by atoms with Crippen LogP contribution in [-0.2, 0) is 16.1 Å². The topological polar surface area (TPSA) is 82.0 Å². The van der Waals surface area contributed by atoms with E-state index < -0.39 is 5.41 Å². The average molecular weight is 333 g/mol. The van der Waals surface area contributed by atoms with Gasteiger partial charge in [-0.25, -0.2) is 0 Å². The second kappa shape index (κ2) is 6.78. The van der Waals surface area contributed by atoms with Gasteiger partial charge in [0, 0.05) is 6.54 Å². The average Bonchev–Trinajstić information content (AvgIpc) is 3.42. The molecule has 0 aliphatic heterocycles. The fourth-order valence-corrected chi connectivity index (χ4v) is 2.79. The van der Waals surface area contributed by atoms with Crippen molar-refractivity contribution in [2.75, 3.05) is 5.32 Å². The first kappa shape index (κ1) is 16.7. The summed E-state index contributed by atoms with van der Waals surface area (Å²) in [6.07, 6.45) is 1.04. The Kier molecular flexibility index (Phi) is 4.53. The molecule has 0 radical (unpaired) electrons. The molecule has 2 amide bonds. The van der Waals surface area contributed by atoms with Crippen LogP contribution in [0.2, 0.25) is 0 Å². The maximum absolute atomic E-state index is 12.6. The minimum absolute atomic E-state index is 0.263. The standard InChI is InChI=1S/C20H19N3O2/c1-14-5-4-6-15(11-14)13-22-18(24)20(9-10-20)19(25)23-17-8-3-2-7-16(17)12-21/h2-8,11H,9-10,13H2,1H3,(H,22,24)(H,23,25). The number of aryl methyl sites for hydroxylation is 1. The molecule has 126 valence electrons. The second-order valence-electron chi connectivity index (χ2n) is 6.37. The van der Waals surface area contributed by atoms with Crippen LogP contribution in [0.15, 0.2) is 48.5 Å². The van der Waals surface area contributed by atoms with Crippen LogP contribution in [0.3, 0.4) is 0 Å². The summed E-state index contributed by atoms with van der Waals surface area (Å²) in [5, 5.41) is 14.7. The Morgan fingerprint density at radius 3 is 2.56 bits per heavy atom. The van der Waals surface area contributed by atoms with Crippen LogP contribution >= 0.6 is 0 Å². The third kappa shape index (κ3) is 3.53. The third-order valence-corrected chi connectivity index (χ3v) is 4.45. The van der Waals surface area contributed by atoms with E-state index in [1.54, 1.807) is 24.3 Å². The smallest absolute Gasteiger partial charge is 0.240 e. The monoisotopic (exact) mass is 333 g/mol. The molecule has 0 atom stereocenters. The highest BCUT2D eigenvalue weighted by molar-refractivity contribution is 6.13. The van der Waals surface area contributed by atoms with Gasteiger partial charge in [0.05, 0.1) is 11.3 Å². The molecule has 0 aromatic heterocycles. The molecule has 0 bridgehead atoms.